The number of nitrogens with zero attached hydrogens (tertiary/aromatic N) is 4. The van der Waals surface area contributed by atoms with Crippen LogP contribution < -0.4 is 0 Å². The van der Waals surface area contributed by atoms with Crippen molar-refractivity contribution in [2.24, 2.45) is 0 Å². The average molecular weight is 386 g/mol. The second-order valence-electron chi connectivity index (χ2n) is 7.29. The highest BCUT2D eigenvalue weighted by molar-refractivity contribution is 5.91. The third-order valence-corrected chi connectivity index (χ3v) is 5.47. The van der Waals surface area contributed by atoms with Crippen LogP contribution in [0.2, 0.25) is 0 Å². The van der Waals surface area contributed by atoms with Gasteiger partial charge in [0.1, 0.15) is 11.4 Å². The van der Waals surface area contributed by atoms with Crippen LogP contribution in [0.4, 0.5) is 0 Å². The summed E-state index contributed by atoms with van der Waals surface area (Å²) in [5.74, 6) is 0. The van der Waals surface area contributed by atoms with Gasteiger partial charge < -0.3 is 0 Å². The van der Waals surface area contributed by atoms with Crippen molar-refractivity contribution in [1.29, 1.82) is 0 Å². The summed E-state index contributed by atoms with van der Waals surface area (Å²) in [6.07, 6.45) is 3.99. The number of hydrogen-bond acceptors (Lipinski definition) is 2. The van der Waals surface area contributed by atoms with E-state index in [0.29, 0.717) is 0 Å². The van der Waals surface area contributed by atoms with Crippen molar-refractivity contribution in [3.63, 3.8) is 0 Å². The van der Waals surface area contributed by atoms with Gasteiger partial charge in [-0.15, -0.1) is 0 Å². The highest BCUT2D eigenvalue weighted by Crippen LogP contribution is 2.25. The summed E-state index contributed by atoms with van der Waals surface area (Å²) >= 11 is 0. The molecular formula is C26H18N4. The molecule has 142 valence electrons. The van der Waals surface area contributed by atoms with E-state index in [0.717, 1.165) is 22.8 Å². The van der Waals surface area contributed by atoms with Gasteiger partial charge in [-0.2, -0.15) is 10.2 Å². The zero-order chi connectivity index (χ0) is 19.9. The molecule has 4 nitrogen and oxygen atoms in total. The Kier molecular flexibility index (Phi) is 3.74. The minimum absolute atomic E-state index is 0.849. The third kappa shape index (κ3) is 2.70. The van der Waals surface area contributed by atoms with Crippen molar-refractivity contribution >= 4 is 21.5 Å². The predicted molar refractivity (Wildman–Crippen MR) is 121 cm³/mol. The number of benzene rings is 4. The van der Waals surface area contributed by atoms with E-state index in [-0.39, 0.29) is 0 Å². The Labute approximate surface area is 173 Å². The fourth-order valence-corrected chi connectivity index (χ4v) is 4.01. The van der Waals surface area contributed by atoms with Crippen molar-refractivity contribution in [1.82, 2.24) is 19.6 Å². The van der Waals surface area contributed by atoms with E-state index in [1.807, 2.05) is 33.9 Å². The molecule has 6 rings (SSSR count). The van der Waals surface area contributed by atoms with Crippen molar-refractivity contribution in [3.8, 4) is 22.8 Å². The van der Waals surface area contributed by atoms with Crippen molar-refractivity contribution in [2.45, 2.75) is 0 Å². The Balaban J connectivity index is 1.41. The van der Waals surface area contributed by atoms with Crippen LogP contribution in [0, 0.1) is 0 Å². The van der Waals surface area contributed by atoms with Gasteiger partial charge in [-0.1, -0.05) is 72.8 Å². The van der Waals surface area contributed by atoms with Crippen LogP contribution in [0.3, 0.4) is 0 Å². The number of fused-ring (bicyclic) bond motifs is 2. The highest BCUT2D eigenvalue weighted by atomic mass is 15.3. The van der Waals surface area contributed by atoms with Crippen LogP contribution in [0.5, 0.6) is 0 Å². The smallest absolute Gasteiger partial charge is 0.113 e. The van der Waals surface area contributed by atoms with Gasteiger partial charge in [-0.3, -0.25) is 0 Å². The summed E-state index contributed by atoms with van der Waals surface area (Å²) in [7, 11) is 0. The number of hydrogen-bond donors (Lipinski definition) is 0. The monoisotopic (exact) mass is 386 g/mol. The predicted octanol–water partition coefficient (Wildman–Crippen LogP) is 6.03. The van der Waals surface area contributed by atoms with Gasteiger partial charge in [0.05, 0.1) is 11.4 Å². The minimum atomic E-state index is 0.849. The molecule has 0 radical (unpaired) electrons. The molecule has 6 aromatic rings. The molecule has 30 heavy (non-hydrogen) atoms. The lowest BCUT2D eigenvalue weighted by Gasteiger charge is -2.06. The molecule has 0 aliphatic carbocycles. The first-order valence-corrected chi connectivity index (χ1v) is 9.95. The van der Waals surface area contributed by atoms with Crippen LogP contribution in [-0.2, 0) is 0 Å². The van der Waals surface area contributed by atoms with Gasteiger partial charge >= 0.3 is 0 Å². The molecular weight excluding hydrogens is 368 g/mol. The number of aromatic nitrogens is 4. The minimum Gasteiger partial charge on any atom is -0.240 e. The molecule has 0 spiro atoms. The van der Waals surface area contributed by atoms with E-state index in [1.54, 1.807) is 0 Å². The SMILES string of the molecule is c1ccc2c(-n3ccc(-c4ccn(-c5cccc6ccccc56)n4)n3)cccc2c1. The normalized spacial score (nSPS) is 11.3. The molecule has 0 atom stereocenters. The summed E-state index contributed by atoms with van der Waals surface area (Å²) in [4.78, 5) is 0. The van der Waals surface area contributed by atoms with Crippen LogP contribution in [0.25, 0.3) is 44.3 Å². The van der Waals surface area contributed by atoms with E-state index in [1.165, 1.54) is 21.5 Å². The summed E-state index contributed by atoms with van der Waals surface area (Å²) < 4.78 is 3.85. The summed E-state index contributed by atoms with van der Waals surface area (Å²) in [6, 6.07) is 33.3. The van der Waals surface area contributed by atoms with Crippen LogP contribution in [-0.4, -0.2) is 19.6 Å². The summed E-state index contributed by atoms with van der Waals surface area (Å²) in [5.41, 5.74) is 3.82. The molecule has 0 aliphatic heterocycles. The van der Waals surface area contributed by atoms with E-state index in [9.17, 15) is 0 Å². The zero-order valence-corrected chi connectivity index (χ0v) is 16.2. The standard InChI is InChI=1S/C26H18N4/c1-3-11-21-19(7-1)9-5-13-25(21)29-17-15-23(27-29)24-16-18-30(28-24)26-14-6-10-20-8-2-4-12-22(20)26/h1-18H. The Morgan fingerprint density at radius 3 is 1.37 bits per heavy atom. The maximum absolute atomic E-state index is 4.81. The quantitative estimate of drug-likeness (QED) is 0.372. The summed E-state index contributed by atoms with van der Waals surface area (Å²) in [6.45, 7) is 0. The van der Waals surface area contributed by atoms with Gasteiger partial charge in [0.2, 0.25) is 0 Å². The van der Waals surface area contributed by atoms with E-state index in [4.69, 9.17) is 10.2 Å². The maximum Gasteiger partial charge on any atom is 0.113 e. The second kappa shape index (κ2) is 6.71. The van der Waals surface area contributed by atoms with E-state index >= 15 is 0 Å². The molecule has 0 fully saturated rings. The topological polar surface area (TPSA) is 35.6 Å². The van der Waals surface area contributed by atoms with Gasteiger partial charge in [-0.05, 0) is 35.0 Å². The molecule has 0 N–H and O–H groups in total. The van der Waals surface area contributed by atoms with Crippen molar-refractivity contribution in [2.75, 3.05) is 0 Å². The zero-order valence-electron chi connectivity index (χ0n) is 16.2. The van der Waals surface area contributed by atoms with E-state index in [2.05, 4.69) is 84.9 Å². The van der Waals surface area contributed by atoms with Crippen LogP contribution in [0.1, 0.15) is 0 Å². The Bertz CT molecular complexity index is 1380. The summed E-state index contributed by atoms with van der Waals surface area (Å²) in [5, 5.41) is 14.4. The Hall–Kier alpha value is -4.18. The molecule has 0 bridgehead atoms. The van der Waals surface area contributed by atoms with Gasteiger partial charge in [0.15, 0.2) is 0 Å². The average Bonchev–Trinajstić information content (AvgIpc) is 3.48. The van der Waals surface area contributed by atoms with Crippen LogP contribution >= 0.6 is 0 Å². The van der Waals surface area contributed by atoms with E-state index < -0.39 is 0 Å². The van der Waals surface area contributed by atoms with Crippen molar-refractivity contribution in [3.05, 3.63) is 109 Å². The molecule has 0 amide bonds. The first-order chi connectivity index (χ1) is 14.9. The lowest BCUT2D eigenvalue weighted by atomic mass is 10.1. The number of rotatable bonds is 3. The van der Waals surface area contributed by atoms with Gasteiger partial charge in [0.25, 0.3) is 0 Å². The molecule has 0 saturated carbocycles. The third-order valence-electron chi connectivity index (χ3n) is 5.47. The van der Waals surface area contributed by atoms with Crippen molar-refractivity contribution < 1.29 is 0 Å². The maximum atomic E-state index is 4.81. The molecule has 4 heteroatoms. The second-order valence-corrected chi connectivity index (χ2v) is 7.29. The first-order valence-electron chi connectivity index (χ1n) is 9.95. The fraction of sp³-hybridized carbons (Fsp3) is 0. The largest absolute Gasteiger partial charge is 0.240 e. The Morgan fingerprint density at radius 1 is 0.433 bits per heavy atom. The first kappa shape index (κ1) is 16.7. The Morgan fingerprint density at radius 2 is 0.867 bits per heavy atom. The molecule has 0 unspecified atom stereocenters. The molecule has 0 aliphatic rings. The molecule has 4 aromatic carbocycles. The lowest BCUT2D eigenvalue weighted by molar-refractivity contribution is 0.870. The van der Waals surface area contributed by atoms with Gasteiger partial charge in [0, 0.05) is 23.2 Å². The lowest BCUT2D eigenvalue weighted by Crippen LogP contribution is -1.97. The fourth-order valence-electron chi connectivity index (χ4n) is 4.01. The molecule has 2 aromatic heterocycles. The molecule has 2 heterocycles. The highest BCUT2D eigenvalue weighted by Gasteiger charge is 2.11. The van der Waals surface area contributed by atoms with Gasteiger partial charge in [-0.25, -0.2) is 9.36 Å². The van der Waals surface area contributed by atoms with Crippen LogP contribution in [0.15, 0.2) is 109 Å². The molecule has 0 saturated heterocycles.